The first-order chi connectivity index (χ1) is 13.1. The summed E-state index contributed by atoms with van der Waals surface area (Å²) < 4.78 is 0. The summed E-state index contributed by atoms with van der Waals surface area (Å²) >= 11 is 0. The van der Waals surface area contributed by atoms with Gasteiger partial charge in [-0.05, 0) is 0 Å². The van der Waals surface area contributed by atoms with Crippen LogP contribution in [0.15, 0.2) is 0 Å². The summed E-state index contributed by atoms with van der Waals surface area (Å²) in [4.78, 5) is 39.0. The molecule has 18 heteroatoms. The Kier molecular flexibility index (Phi) is 11.2. The van der Waals surface area contributed by atoms with E-state index < -0.39 is 58.6 Å². The van der Waals surface area contributed by atoms with E-state index in [2.05, 4.69) is 44.0 Å². The molecule has 0 aliphatic rings. The van der Waals surface area contributed by atoms with E-state index >= 15 is 0 Å². The summed E-state index contributed by atoms with van der Waals surface area (Å²) in [6.45, 7) is -5.56. The SMILES string of the molecule is OCON(OCO)c1nc(N(OCO)OCO)nc(N(OCO)OCO)n1. The van der Waals surface area contributed by atoms with Gasteiger partial charge in [0.1, 0.15) is 0 Å². The summed E-state index contributed by atoms with van der Waals surface area (Å²) in [7, 11) is 0. The Balaban J connectivity index is 3.38. The van der Waals surface area contributed by atoms with Gasteiger partial charge in [0.15, 0.2) is 40.8 Å². The van der Waals surface area contributed by atoms with Gasteiger partial charge >= 0.3 is 0 Å². The van der Waals surface area contributed by atoms with Crippen LogP contribution in [0.3, 0.4) is 0 Å². The lowest BCUT2D eigenvalue weighted by molar-refractivity contribution is -0.177. The maximum Gasteiger partial charge on any atom is 0.284 e. The molecule has 0 saturated carbocycles. The normalized spacial score (nSPS) is 10.9. The van der Waals surface area contributed by atoms with Crippen LogP contribution in [0.1, 0.15) is 0 Å². The van der Waals surface area contributed by atoms with Crippen molar-refractivity contribution in [3.63, 3.8) is 0 Å². The van der Waals surface area contributed by atoms with Gasteiger partial charge in [0.05, 0.1) is 0 Å². The van der Waals surface area contributed by atoms with Crippen LogP contribution < -0.4 is 15.7 Å². The zero-order chi connectivity index (χ0) is 20.1. The number of aromatic nitrogens is 3. The van der Waals surface area contributed by atoms with Crippen LogP contribution in [0.2, 0.25) is 0 Å². The first kappa shape index (κ1) is 23.0. The molecule has 0 amide bonds. The molecule has 0 aliphatic carbocycles. The van der Waals surface area contributed by atoms with E-state index in [1.807, 2.05) is 0 Å². The van der Waals surface area contributed by atoms with Crippen LogP contribution in [-0.2, 0) is 29.0 Å². The highest BCUT2D eigenvalue weighted by Crippen LogP contribution is 2.20. The van der Waals surface area contributed by atoms with E-state index in [9.17, 15) is 0 Å². The fraction of sp³-hybridized carbons (Fsp3) is 0.667. The van der Waals surface area contributed by atoms with Crippen LogP contribution in [0.4, 0.5) is 17.8 Å². The quantitative estimate of drug-likeness (QED) is 0.120. The number of hydrogen-bond acceptors (Lipinski definition) is 18. The van der Waals surface area contributed by atoms with E-state index in [1.165, 1.54) is 0 Å². The first-order valence-electron chi connectivity index (χ1n) is 6.74. The fourth-order valence-electron chi connectivity index (χ4n) is 1.36. The molecule has 1 heterocycles. The largest absolute Gasteiger partial charge is 0.368 e. The maximum atomic E-state index is 8.87. The van der Waals surface area contributed by atoms with Crippen molar-refractivity contribution in [2.24, 2.45) is 0 Å². The smallest absolute Gasteiger partial charge is 0.284 e. The monoisotopic (exact) mass is 402 g/mol. The predicted octanol–water partition coefficient (Wildman–Crippen LogP) is -4.42. The van der Waals surface area contributed by atoms with Crippen LogP contribution in [0.5, 0.6) is 0 Å². The second kappa shape index (κ2) is 13.2. The van der Waals surface area contributed by atoms with Gasteiger partial charge in [0.25, 0.3) is 17.8 Å². The number of anilines is 3. The van der Waals surface area contributed by atoms with Gasteiger partial charge in [-0.25, -0.2) is 29.0 Å². The highest BCUT2D eigenvalue weighted by molar-refractivity contribution is 5.40. The Labute approximate surface area is 150 Å². The summed E-state index contributed by atoms with van der Waals surface area (Å²) in [5, 5.41) is 54.3. The third kappa shape index (κ3) is 7.22. The molecule has 0 saturated heterocycles. The van der Waals surface area contributed by atoms with Crippen molar-refractivity contribution in [3.05, 3.63) is 0 Å². The minimum absolute atomic E-state index is 0.348. The Bertz CT molecular complexity index is 426. The molecule has 1 rings (SSSR count). The molecule has 0 radical (unpaired) electrons. The van der Waals surface area contributed by atoms with E-state index in [4.69, 9.17) is 30.6 Å². The number of rotatable bonds is 15. The van der Waals surface area contributed by atoms with Crippen LogP contribution in [0, 0.1) is 0 Å². The maximum absolute atomic E-state index is 8.87. The standard InChI is InChI=1S/C9H18N6O12/c16-1-22-13(23-2-17)7-10-8(14(24-3-18)25-4-19)12-9(11-7)15(26-5-20)27-6-21/h16-21H,1-6H2. The van der Waals surface area contributed by atoms with Crippen molar-refractivity contribution < 1.29 is 59.7 Å². The van der Waals surface area contributed by atoms with Gasteiger partial charge in [-0.2, -0.15) is 15.0 Å². The highest BCUT2D eigenvalue weighted by atomic mass is 17.0. The van der Waals surface area contributed by atoms with Gasteiger partial charge in [0, 0.05) is 0 Å². The molecule has 0 atom stereocenters. The summed E-state index contributed by atoms with van der Waals surface area (Å²) in [6, 6.07) is 0. The van der Waals surface area contributed by atoms with Crippen molar-refractivity contribution >= 4 is 17.8 Å². The van der Waals surface area contributed by atoms with E-state index in [-0.39, 0.29) is 0 Å². The molecule has 18 nitrogen and oxygen atoms in total. The molecule has 6 N–H and O–H groups in total. The first-order valence-corrected chi connectivity index (χ1v) is 6.74. The Morgan fingerprint density at radius 2 is 0.630 bits per heavy atom. The lowest BCUT2D eigenvalue weighted by Crippen LogP contribution is -2.33. The second-order valence-electron chi connectivity index (χ2n) is 3.56. The minimum Gasteiger partial charge on any atom is -0.368 e. The zero-order valence-electron chi connectivity index (χ0n) is 13.6. The average Bonchev–Trinajstić information content (AvgIpc) is 2.67. The molecule has 0 fully saturated rings. The summed E-state index contributed by atoms with van der Waals surface area (Å²) in [5.41, 5.74) is 0. The molecule has 0 spiro atoms. The number of aliphatic hydroxyl groups is 6. The molecular weight excluding hydrogens is 384 g/mol. The number of hydrogen-bond donors (Lipinski definition) is 6. The summed E-state index contributed by atoms with van der Waals surface area (Å²) in [5.74, 6) is -1.71. The van der Waals surface area contributed by atoms with Crippen molar-refractivity contribution in [2.75, 3.05) is 56.4 Å². The van der Waals surface area contributed by atoms with Gasteiger partial charge in [-0.15, -0.1) is 0 Å². The third-order valence-corrected chi connectivity index (χ3v) is 2.14. The molecule has 1 aromatic rings. The van der Waals surface area contributed by atoms with Crippen LogP contribution in [-0.4, -0.2) is 86.3 Å². The zero-order valence-corrected chi connectivity index (χ0v) is 13.6. The Hall–Kier alpha value is -2.07. The Morgan fingerprint density at radius 3 is 0.778 bits per heavy atom. The van der Waals surface area contributed by atoms with E-state index in [1.54, 1.807) is 0 Å². The average molecular weight is 402 g/mol. The molecule has 27 heavy (non-hydrogen) atoms. The van der Waals surface area contributed by atoms with Crippen molar-refractivity contribution in [3.8, 4) is 0 Å². The predicted molar refractivity (Wildman–Crippen MR) is 76.3 cm³/mol. The minimum atomic E-state index is -0.926. The molecule has 0 bridgehead atoms. The van der Waals surface area contributed by atoms with E-state index in [0.29, 0.717) is 15.7 Å². The topological polar surface area (TPSA) is 225 Å². The van der Waals surface area contributed by atoms with Crippen molar-refractivity contribution in [1.82, 2.24) is 15.0 Å². The summed E-state index contributed by atoms with van der Waals surface area (Å²) in [6.07, 6.45) is 0. The molecule has 0 aromatic carbocycles. The molecular formula is C9H18N6O12. The van der Waals surface area contributed by atoms with Crippen molar-refractivity contribution in [2.45, 2.75) is 0 Å². The fourth-order valence-corrected chi connectivity index (χ4v) is 1.36. The van der Waals surface area contributed by atoms with Crippen LogP contribution in [0.25, 0.3) is 0 Å². The van der Waals surface area contributed by atoms with Crippen molar-refractivity contribution in [1.29, 1.82) is 0 Å². The van der Waals surface area contributed by atoms with Gasteiger partial charge in [-0.1, -0.05) is 15.7 Å². The Morgan fingerprint density at radius 1 is 0.444 bits per heavy atom. The van der Waals surface area contributed by atoms with Gasteiger partial charge in [0.2, 0.25) is 0 Å². The molecule has 1 aromatic heterocycles. The highest BCUT2D eigenvalue weighted by Gasteiger charge is 2.24. The van der Waals surface area contributed by atoms with E-state index in [0.717, 1.165) is 0 Å². The third-order valence-electron chi connectivity index (χ3n) is 2.14. The van der Waals surface area contributed by atoms with Gasteiger partial charge < -0.3 is 30.6 Å². The molecule has 156 valence electrons. The van der Waals surface area contributed by atoms with Crippen LogP contribution >= 0.6 is 0 Å². The number of nitrogens with zero attached hydrogens (tertiary/aromatic N) is 6. The lowest BCUT2D eigenvalue weighted by Gasteiger charge is -2.24. The second-order valence-corrected chi connectivity index (χ2v) is 3.56. The molecule has 0 aliphatic heterocycles. The molecule has 0 unspecified atom stereocenters. The lowest BCUT2D eigenvalue weighted by atomic mass is 10.8. The number of aliphatic hydroxyl groups excluding tert-OH is 6. The van der Waals surface area contributed by atoms with Gasteiger partial charge in [-0.3, -0.25) is 0 Å².